The lowest BCUT2D eigenvalue weighted by Gasteiger charge is -2.35. The predicted octanol–water partition coefficient (Wildman–Crippen LogP) is 7.87. The number of aryl methyl sites for hydroxylation is 1. The maximum Gasteiger partial charge on any atom is 0.326 e. The normalized spacial score (nSPS) is 18.7. The number of hydrogen-bond donors (Lipinski definition) is 2. The van der Waals surface area contributed by atoms with E-state index < -0.39 is 29.5 Å². The predicted molar refractivity (Wildman–Crippen MR) is 248 cm³/mol. The number of likely N-dealkylation sites (N-methyl/N-ethyl adjacent to an activating group) is 1. The highest BCUT2D eigenvalue weighted by Gasteiger charge is 2.48. The largest absolute Gasteiger partial charge is 0.493 e. The maximum absolute atomic E-state index is 13.4. The molecule has 0 spiro atoms. The van der Waals surface area contributed by atoms with Gasteiger partial charge >= 0.3 is 11.9 Å². The van der Waals surface area contributed by atoms with Gasteiger partial charge in [0.25, 0.3) is 0 Å². The summed E-state index contributed by atoms with van der Waals surface area (Å²) in [7, 11) is 8.67. The molecule has 5 rings (SSSR count). The molecule has 350 valence electrons. The monoisotopic (exact) mass is 885 g/mol. The number of methoxy groups -OCH3 is 4. The number of hydrogen-bond acceptors (Lipinski definition) is 11. The SMILES string of the molecule is CCOC(=O)[C@H](CCc1ccccc1)N[C@@H](C)C(=O)N1[C@H](C(=O)O)C[C@H]2CCCC[C@@H]21.COc1ccc(CCN(C)CCCC(C#N)(c2ccc(OC)c(OC)c2)C(C)C)cc1OC. The van der Waals surface area contributed by atoms with Gasteiger partial charge in [-0.15, -0.1) is 0 Å². The Morgan fingerprint density at radius 1 is 0.859 bits per heavy atom. The Hall–Kier alpha value is -5.32. The van der Waals surface area contributed by atoms with E-state index in [2.05, 4.69) is 43.2 Å². The first-order valence-electron chi connectivity index (χ1n) is 22.8. The Kier molecular flexibility index (Phi) is 20.2. The van der Waals surface area contributed by atoms with E-state index in [0.29, 0.717) is 30.8 Å². The van der Waals surface area contributed by atoms with Crippen molar-refractivity contribution in [1.29, 1.82) is 5.26 Å². The average molecular weight is 885 g/mol. The van der Waals surface area contributed by atoms with E-state index in [4.69, 9.17) is 23.7 Å². The van der Waals surface area contributed by atoms with Gasteiger partial charge in [0.1, 0.15) is 12.1 Å². The fraction of sp³-hybridized carbons (Fsp3) is 0.569. The first-order chi connectivity index (χ1) is 30.8. The second-order valence-electron chi connectivity index (χ2n) is 17.3. The molecule has 1 amide bonds. The van der Waals surface area contributed by atoms with E-state index >= 15 is 0 Å². The number of nitriles is 1. The Morgan fingerprint density at radius 3 is 2.11 bits per heavy atom. The molecule has 13 nitrogen and oxygen atoms in total. The highest BCUT2D eigenvalue weighted by molar-refractivity contribution is 5.88. The van der Waals surface area contributed by atoms with E-state index in [1.54, 1.807) is 47.2 Å². The molecule has 0 aromatic heterocycles. The molecule has 0 bridgehead atoms. The Bertz CT molecular complexity index is 1990. The van der Waals surface area contributed by atoms with Crippen molar-refractivity contribution in [3.63, 3.8) is 0 Å². The van der Waals surface area contributed by atoms with Crippen LogP contribution in [0, 0.1) is 23.2 Å². The average Bonchev–Trinajstić information content (AvgIpc) is 3.71. The van der Waals surface area contributed by atoms with Crippen molar-refractivity contribution < 1.29 is 43.2 Å². The fourth-order valence-electron chi connectivity index (χ4n) is 9.29. The summed E-state index contributed by atoms with van der Waals surface area (Å²) in [5.74, 6) is 1.67. The first-order valence-corrected chi connectivity index (χ1v) is 22.8. The molecule has 13 heteroatoms. The van der Waals surface area contributed by atoms with Crippen LogP contribution >= 0.6 is 0 Å². The summed E-state index contributed by atoms with van der Waals surface area (Å²) >= 11 is 0. The van der Waals surface area contributed by atoms with Gasteiger partial charge < -0.3 is 38.6 Å². The summed E-state index contributed by atoms with van der Waals surface area (Å²) in [5, 5.41) is 23.1. The second-order valence-corrected chi connectivity index (χ2v) is 17.3. The van der Waals surface area contributed by atoms with Gasteiger partial charge in [-0.2, -0.15) is 5.26 Å². The number of amides is 1. The van der Waals surface area contributed by atoms with Crippen molar-refractivity contribution in [1.82, 2.24) is 15.1 Å². The molecule has 3 aromatic carbocycles. The minimum Gasteiger partial charge on any atom is -0.493 e. The standard InChI is InChI=1S/C27H38N2O4.C24H34N2O5/c1-20(2)27(19-28,22-10-12-24(31-5)26(18-22)33-7)14-8-15-29(3)16-13-21-9-11-23(30-4)25(17-21)32-6;1-3-31-24(30)19(14-13-17-9-5-4-6-10-17)25-16(2)22(27)26-20-12-8-7-11-18(20)15-21(26)23(28)29/h9-12,17-18,20H,8,13-16H2,1-7H3;4-6,9-10,16,18-21,25H,3,7-8,11-15H2,1-2H3,(H,28,29)/t;16-,18+,19-,20-,21-/m.0/s1. The second kappa shape index (κ2) is 25.2. The van der Waals surface area contributed by atoms with Crippen molar-refractivity contribution in [3.05, 3.63) is 83.4 Å². The molecule has 1 aliphatic heterocycles. The highest BCUT2D eigenvalue weighted by atomic mass is 16.5. The van der Waals surface area contributed by atoms with Crippen molar-refractivity contribution in [2.75, 3.05) is 55.2 Å². The molecule has 1 saturated heterocycles. The number of carboxylic acids is 1. The minimum absolute atomic E-state index is 0.0167. The van der Waals surface area contributed by atoms with Gasteiger partial charge in [-0.3, -0.25) is 14.9 Å². The molecule has 2 N–H and O–H groups in total. The number of benzene rings is 3. The third-order valence-electron chi connectivity index (χ3n) is 13.0. The highest BCUT2D eigenvalue weighted by Crippen LogP contribution is 2.42. The van der Waals surface area contributed by atoms with E-state index in [1.165, 1.54) is 5.56 Å². The zero-order chi connectivity index (χ0) is 46.8. The van der Waals surface area contributed by atoms with E-state index in [-0.39, 0.29) is 36.4 Å². The maximum atomic E-state index is 13.4. The molecule has 1 saturated carbocycles. The van der Waals surface area contributed by atoms with Gasteiger partial charge in [0.2, 0.25) is 5.91 Å². The number of aliphatic carboxylic acids is 1. The van der Waals surface area contributed by atoms with E-state index in [9.17, 15) is 24.8 Å². The molecule has 3 aromatic rings. The number of nitrogens with zero attached hydrogens (tertiary/aromatic N) is 3. The number of rotatable bonds is 22. The molecule has 0 radical (unpaired) electrons. The summed E-state index contributed by atoms with van der Waals surface area (Å²) in [6.45, 7) is 9.80. The number of carbonyl (C=O) groups is 3. The van der Waals surface area contributed by atoms with Crippen molar-refractivity contribution in [3.8, 4) is 29.1 Å². The van der Waals surface area contributed by atoms with E-state index in [1.807, 2.05) is 60.7 Å². The molecule has 2 aliphatic rings. The molecule has 2 fully saturated rings. The third-order valence-corrected chi connectivity index (χ3v) is 13.0. The summed E-state index contributed by atoms with van der Waals surface area (Å²) in [6, 6.07) is 22.3. The van der Waals surface area contributed by atoms with Gasteiger partial charge in [0.15, 0.2) is 23.0 Å². The van der Waals surface area contributed by atoms with E-state index in [0.717, 1.165) is 80.7 Å². The van der Waals surface area contributed by atoms with Crippen LogP contribution in [0.15, 0.2) is 66.7 Å². The smallest absolute Gasteiger partial charge is 0.326 e. The summed E-state index contributed by atoms with van der Waals surface area (Å²) < 4.78 is 26.8. The molecular formula is C51H72N4O9. The van der Waals surface area contributed by atoms with Gasteiger partial charge in [-0.05, 0) is 132 Å². The van der Waals surface area contributed by atoms with Crippen molar-refractivity contribution in [2.24, 2.45) is 11.8 Å². The minimum atomic E-state index is -0.944. The number of carbonyl (C=O) groups excluding carboxylic acids is 2. The van der Waals surface area contributed by atoms with Crippen LogP contribution in [0.4, 0.5) is 0 Å². The quantitative estimate of drug-likeness (QED) is 0.0943. The molecule has 1 aliphatic carbocycles. The zero-order valence-corrected chi connectivity index (χ0v) is 39.6. The van der Waals surface area contributed by atoms with Crippen molar-refractivity contribution >= 4 is 17.8 Å². The summed E-state index contributed by atoms with van der Waals surface area (Å²) in [4.78, 5) is 41.7. The lowest BCUT2D eigenvalue weighted by molar-refractivity contribution is -0.152. The third kappa shape index (κ3) is 13.4. The molecule has 64 heavy (non-hydrogen) atoms. The Morgan fingerprint density at radius 2 is 1.50 bits per heavy atom. The van der Waals surface area contributed by atoms with Crippen LogP contribution in [0.3, 0.4) is 0 Å². The van der Waals surface area contributed by atoms with Crippen LogP contribution in [-0.4, -0.2) is 112 Å². The summed E-state index contributed by atoms with van der Waals surface area (Å²) in [6.07, 6.45) is 8.23. The fourth-order valence-corrected chi connectivity index (χ4v) is 9.29. The van der Waals surface area contributed by atoms with Gasteiger partial charge in [-0.25, -0.2) is 4.79 Å². The zero-order valence-electron chi connectivity index (χ0n) is 39.6. The lowest BCUT2D eigenvalue weighted by atomic mass is 9.69. The number of fused-ring (bicyclic) bond motifs is 1. The first kappa shape index (κ1) is 51.3. The number of nitrogens with one attached hydrogen (secondary N) is 1. The number of carboxylic acid groups (broad SMARTS) is 1. The van der Waals surface area contributed by atoms with Crippen LogP contribution in [0.1, 0.15) is 95.8 Å². The topological polar surface area (TPSA) is 160 Å². The van der Waals surface area contributed by atoms with Crippen molar-refractivity contribution in [2.45, 2.75) is 121 Å². The molecular weight excluding hydrogens is 813 g/mol. The summed E-state index contributed by atoms with van der Waals surface area (Å²) in [5.41, 5.74) is 2.71. The number of likely N-dealkylation sites (tertiary alicyclic amines) is 1. The van der Waals surface area contributed by atoms with Crippen LogP contribution in [0.2, 0.25) is 0 Å². The van der Waals surface area contributed by atoms with Gasteiger partial charge in [0.05, 0.1) is 52.6 Å². The molecule has 6 atom stereocenters. The van der Waals surface area contributed by atoms with Gasteiger partial charge in [0, 0.05) is 12.6 Å². The Labute approximate surface area is 381 Å². The number of esters is 1. The molecule has 1 heterocycles. The van der Waals surface area contributed by atoms with Gasteiger partial charge in [-0.1, -0.05) is 69.2 Å². The molecule has 1 unspecified atom stereocenters. The number of ether oxygens (including phenoxy) is 5. The van der Waals surface area contributed by atoms with Crippen LogP contribution in [-0.2, 0) is 37.4 Å². The van der Waals surface area contributed by atoms with Crippen LogP contribution < -0.4 is 24.3 Å². The van der Waals surface area contributed by atoms with Crippen LogP contribution in [0.5, 0.6) is 23.0 Å². The lowest BCUT2D eigenvalue weighted by Crippen LogP contribution is -2.55. The van der Waals surface area contributed by atoms with Crippen LogP contribution in [0.25, 0.3) is 0 Å². The Balaban J connectivity index is 0.000000281.